The zero-order chi connectivity index (χ0) is 17.7. The van der Waals surface area contributed by atoms with Crippen LogP contribution in [-0.4, -0.2) is 31.9 Å². The van der Waals surface area contributed by atoms with Crippen molar-refractivity contribution in [1.29, 1.82) is 0 Å². The molecule has 0 unspecified atom stereocenters. The predicted molar refractivity (Wildman–Crippen MR) is 83.8 cm³/mol. The molecule has 0 spiro atoms. The Morgan fingerprint density at radius 1 is 1.46 bits per heavy atom. The van der Waals surface area contributed by atoms with Gasteiger partial charge in [0, 0.05) is 5.69 Å². The van der Waals surface area contributed by atoms with Crippen LogP contribution < -0.4 is 5.32 Å². The lowest BCUT2D eigenvalue weighted by Crippen LogP contribution is -2.15. The van der Waals surface area contributed by atoms with Crippen molar-refractivity contribution >= 4 is 35.0 Å². The molecule has 0 aliphatic carbocycles. The summed E-state index contributed by atoms with van der Waals surface area (Å²) in [7, 11) is 0. The fourth-order valence-corrected chi connectivity index (χ4v) is 2.60. The Morgan fingerprint density at radius 3 is 2.88 bits per heavy atom. The summed E-state index contributed by atoms with van der Waals surface area (Å²) in [6, 6.07) is 3.16. The molecule has 0 saturated heterocycles. The summed E-state index contributed by atoms with van der Waals surface area (Å²) in [6.07, 6.45) is -3.01. The zero-order valence-electron chi connectivity index (χ0n) is 12.0. The fraction of sp³-hybridized carbons (Fsp3) is 0.231. The molecule has 1 aromatic carbocycles. The smallest absolute Gasteiger partial charge is 0.325 e. The lowest BCUT2D eigenvalue weighted by molar-refractivity contribution is -0.137. The highest BCUT2D eigenvalue weighted by Gasteiger charge is 2.33. The van der Waals surface area contributed by atoms with Crippen LogP contribution in [0.3, 0.4) is 0 Å². The summed E-state index contributed by atoms with van der Waals surface area (Å²) in [5, 5.41) is 13.3. The number of benzene rings is 1. The van der Waals surface area contributed by atoms with E-state index in [0.29, 0.717) is 11.7 Å². The quantitative estimate of drug-likeness (QED) is 0.618. The Balaban J connectivity index is 2.00. The Hall–Kier alpha value is -2.07. The Morgan fingerprint density at radius 2 is 2.21 bits per heavy atom. The number of rotatable bonds is 6. The van der Waals surface area contributed by atoms with Gasteiger partial charge in [-0.3, -0.25) is 4.79 Å². The van der Waals surface area contributed by atoms with Crippen LogP contribution in [0.25, 0.3) is 0 Å². The van der Waals surface area contributed by atoms with Crippen LogP contribution in [0.5, 0.6) is 0 Å². The number of carbonyl (C=O) groups is 1. The third-order valence-corrected chi connectivity index (χ3v) is 3.98. The van der Waals surface area contributed by atoms with Gasteiger partial charge < -0.3 is 5.32 Å². The van der Waals surface area contributed by atoms with Crippen LogP contribution >= 0.6 is 23.4 Å². The molecule has 1 heterocycles. The van der Waals surface area contributed by atoms with Gasteiger partial charge in [-0.15, -0.1) is 11.7 Å². The highest BCUT2D eigenvalue weighted by Crippen LogP contribution is 2.36. The van der Waals surface area contributed by atoms with E-state index in [1.54, 1.807) is 6.08 Å². The van der Waals surface area contributed by atoms with Crippen molar-refractivity contribution < 1.29 is 18.0 Å². The first-order valence-electron chi connectivity index (χ1n) is 6.47. The average Bonchev–Trinajstić information content (AvgIpc) is 2.94. The van der Waals surface area contributed by atoms with E-state index in [9.17, 15) is 18.0 Å². The minimum Gasteiger partial charge on any atom is -0.325 e. The molecule has 6 nitrogen and oxygen atoms in total. The van der Waals surface area contributed by atoms with E-state index in [1.165, 1.54) is 10.7 Å². The molecule has 2 aromatic rings. The molecule has 0 radical (unpaired) electrons. The topological polar surface area (TPSA) is 72.7 Å². The maximum Gasteiger partial charge on any atom is 0.417 e. The molecule has 0 bridgehead atoms. The minimum absolute atomic E-state index is 0.00279. The SMILES string of the molecule is C=CCn1nnnc1SCC(=O)Nc1ccc(Cl)c(C(F)(F)F)c1. The summed E-state index contributed by atoms with van der Waals surface area (Å²) < 4.78 is 39.8. The second-order valence-electron chi connectivity index (χ2n) is 4.46. The van der Waals surface area contributed by atoms with E-state index >= 15 is 0 Å². The lowest BCUT2D eigenvalue weighted by Gasteiger charge is -2.11. The number of alkyl halides is 3. The molecule has 0 fully saturated rings. The van der Waals surface area contributed by atoms with E-state index in [0.717, 1.165) is 23.9 Å². The van der Waals surface area contributed by atoms with Crippen molar-refractivity contribution in [3.8, 4) is 0 Å². The second-order valence-corrected chi connectivity index (χ2v) is 5.81. The summed E-state index contributed by atoms with van der Waals surface area (Å²) >= 11 is 6.58. The molecule has 0 aliphatic rings. The number of carbonyl (C=O) groups excluding carboxylic acids is 1. The molecule has 1 aromatic heterocycles. The number of hydrogen-bond acceptors (Lipinski definition) is 5. The molecule has 1 amide bonds. The minimum atomic E-state index is -4.60. The molecule has 1 N–H and O–H groups in total. The first kappa shape index (κ1) is 18.3. The Labute approximate surface area is 144 Å². The number of thioether (sulfide) groups is 1. The van der Waals surface area contributed by atoms with Crippen LogP contribution in [0.15, 0.2) is 36.0 Å². The van der Waals surface area contributed by atoms with Crippen molar-refractivity contribution in [2.24, 2.45) is 0 Å². The first-order valence-corrected chi connectivity index (χ1v) is 7.84. The van der Waals surface area contributed by atoms with Gasteiger partial charge in [-0.05, 0) is 28.6 Å². The molecule has 11 heteroatoms. The van der Waals surface area contributed by atoms with Crippen LogP contribution in [-0.2, 0) is 17.5 Å². The number of halogens is 4. The van der Waals surface area contributed by atoms with Crippen molar-refractivity contribution in [3.05, 3.63) is 41.4 Å². The van der Waals surface area contributed by atoms with Gasteiger partial charge in [0.2, 0.25) is 11.1 Å². The molecule has 0 atom stereocenters. The lowest BCUT2D eigenvalue weighted by atomic mass is 10.2. The summed E-state index contributed by atoms with van der Waals surface area (Å²) in [5.41, 5.74) is -1.01. The van der Waals surface area contributed by atoms with Gasteiger partial charge in [0.25, 0.3) is 0 Å². The van der Waals surface area contributed by atoms with Gasteiger partial charge >= 0.3 is 6.18 Å². The van der Waals surface area contributed by atoms with Crippen molar-refractivity contribution in [3.63, 3.8) is 0 Å². The molecule has 128 valence electrons. The standard InChI is InChI=1S/C13H11ClF3N5OS/c1-2-5-22-12(19-20-21-22)24-7-11(23)18-8-3-4-10(14)9(6-8)13(15,16)17/h2-4,6H,1,5,7H2,(H,18,23). The molecule has 24 heavy (non-hydrogen) atoms. The Bertz CT molecular complexity index is 749. The normalized spacial score (nSPS) is 11.3. The first-order chi connectivity index (χ1) is 11.3. The van der Waals surface area contributed by atoms with Gasteiger partial charge in [-0.2, -0.15) is 13.2 Å². The number of aromatic nitrogens is 4. The molecule has 0 saturated carbocycles. The summed E-state index contributed by atoms with van der Waals surface area (Å²) in [6.45, 7) is 3.93. The molecular weight excluding hydrogens is 367 g/mol. The van der Waals surface area contributed by atoms with Gasteiger partial charge in [0.05, 0.1) is 22.9 Å². The summed E-state index contributed by atoms with van der Waals surface area (Å²) in [5.74, 6) is -0.565. The van der Waals surface area contributed by atoms with E-state index in [2.05, 4.69) is 27.4 Å². The maximum atomic E-state index is 12.8. The number of hydrogen-bond donors (Lipinski definition) is 1. The number of tetrazole rings is 1. The average molecular weight is 378 g/mol. The third kappa shape index (κ3) is 4.71. The largest absolute Gasteiger partial charge is 0.417 e. The van der Waals surface area contributed by atoms with Gasteiger partial charge in [0.15, 0.2) is 0 Å². The number of allylic oxidation sites excluding steroid dienone is 1. The maximum absolute atomic E-state index is 12.8. The van der Waals surface area contributed by atoms with E-state index in [1.807, 2.05) is 0 Å². The number of nitrogens with one attached hydrogen (secondary N) is 1. The van der Waals surface area contributed by atoms with Crippen molar-refractivity contribution in [2.45, 2.75) is 17.9 Å². The number of anilines is 1. The predicted octanol–water partition coefficient (Wildman–Crippen LogP) is 3.26. The fourth-order valence-electron chi connectivity index (χ4n) is 1.68. The highest BCUT2D eigenvalue weighted by molar-refractivity contribution is 7.99. The highest BCUT2D eigenvalue weighted by atomic mass is 35.5. The van der Waals surface area contributed by atoms with E-state index in [4.69, 9.17) is 11.6 Å². The van der Waals surface area contributed by atoms with Crippen LogP contribution in [0.1, 0.15) is 5.56 Å². The zero-order valence-corrected chi connectivity index (χ0v) is 13.6. The third-order valence-electron chi connectivity index (χ3n) is 2.69. The Kier molecular flexibility index (Phi) is 5.84. The number of amides is 1. The van der Waals surface area contributed by atoms with Gasteiger partial charge in [0.1, 0.15) is 0 Å². The molecule has 0 aliphatic heterocycles. The van der Waals surface area contributed by atoms with Crippen molar-refractivity contribution in [1.82, 2.24) is 20.2 Å². The van der Waals surface area contributed by atoms with Crippen LogP contribution in [0.4, 0.5) is 18.9 Å². The summed E-state index contributed by atoms with van der Waals surface area (Å²) in [4.78, 5) is 11.9. The van der Waals surface area contributed by atoms with Gasteiger partial charge in [-0.25, -0.2) is 4.68 Å². The van der Waals surface area contributed by atoms with Crippen molar-refractivity contribution in [2.75, 3.05) is 11.1 Å². The van der Waals surface area contributed by atoms with Crippen LogP contribution in [0.2, 0.25) is 5.02 Å². The van der Waals surface area contributed by atoms with E-state index < -0.39 is 22.7 Å². The number of nitrogens with zero attached hydrogens (tertiary/aromatic N) is 4. The van der Waals surface area contributed by atoms with Gasteiger partial charge in [-0.1, -0.05) is 29.4 Å². The monoisotopic (exact) mass is 377 g/mol. The molecule has 2 rings (SSSR count). The molecular formula is C13H11ClF3N5OS. The second kappa shape index (κ2) is 7.67. The van der Waals surface area contributed by atoms with E-state index in [-0.39, 0.29) is 11.4 Å². The van der Waals surface area contributed by atoms with Crippen LogP contribution in [0, 0.1) is 0 Å².